The molecular formula is C62H122O5. The van der Waals surface area contributed by atoms with E-state index in [1.807, 2.05) is 0 Å². The van der Waals surface area contributed by atoms with Crippen molar-refractivity contribution >= 4 is 11.9 Å². The van der Waals surface area contributed by atoms with Crippen LogP contribution in [0.4, 0.5) is 0 Å². The first kappa shape index (κ1) is 65.9. The van der Waals surface area contributed by atoms with E-state index in [1.54, 1.807) is 0 Å². The Bertz CT molecular complexity index is 937. The summed E-state index contributed by atoms with van der Waals surface area (Å²) in [6.45, 7) is 4.21. The molecule has 1 unspecified atom stereocenters. The summed E-state index contributed by atoms with van der Waals surface area (Å²) in [4.78, 5) is 24.5. The predicted octanol–water partition coefficient (Wildman–Crippen LogP) is 20.9. The summed E-state index contributed by atoms with van der Waals surface area (Å²) >= 11 is 0. The molecule has 0 aromatic heterocycles. The molecule has 0 bridgehead atoms. The summed E-state index contributed by atoms with van der Waals surface area (Å²) in [5, 5.41) is 9.65. The summed E-state index contributed by atoms with van der Waals surface area (Å²) < 4.78 is 10.7. The van der Waals surface area contributed by atoms with Gasteiger partial charge in [-0.1, -0.05) is 341 Å². The van der Waals surface area contributed by atoms with Crippen LogP contribution in [0.2, 0.25) is 0 Å². The molecule has 1 N–H and O–H groups in total. The van der Waals surface area contributed by atoms with Gasteiger partial charge in [-0.25, -0.2) is 0 Å². The van der Waals surface area contributed by atoms with Crippen LogP contribution in [0.15, 0.2) is 0 Å². The van der Waals surface area contributed by atoms with Gasteiger partial charge in [-0.05, 0) is 12.8 Å². The molecule has 0 heterocycles. The second kappa shape index (κ2) is 59.2. The molecule has 0 aliphatic heterocycles. The molecule has 400 valence electrons. The Hall–Kier alpha value is -1.10. The third kappa shape index (κ3) is 57.4. The smallest absolute Gasteiger partial charge is 0.306 e. The van der Waals surface area contributed by atoms with Gasteiger partial charge in [0.05, 0.1) is 6.61 Å². The van der Waals surface area contributed by atoms with Gasteiger partial charge < -0.3 is 14.6 Å². The van der Waals surface area contributed by atoms with Gasteiger partial charge in [-0.3, -0.25) is 9.59 Å². The normalized spacial score (nSPS) is 12.0. The van der Waals surface area contributed by atoms with Crippen LogP contribution in [0.5, 0.6) is 0 Å². The Morgan fingerprint density at radius 1 is 0.284 bits per heavy atom. The van der Waals surface area contributed by atoms with E-state index < -0.39 is 6.10 Å². The molecule has 5 nitrogen and oxygen atoms in total. The number of aliphatic hydroxyl groups excluding tert-OH is 1. The van der Waals surface area contributed by atoms with Crippen LogP contribution >= 0.6 is 0 Å². The van der Waals surface area contributed by atoms with Crippen LogP contribution < -0.4 is 0 Å². The monoisotopic (exact) mass is 947 g/mol. The van der Waals surface area contributed by atoms with Crippen molar-refractivity contribution in [3.05, 3.63) is 0 Å². The lowest BCUT2D eigenvalue weighted by atomic mass is 10.0. The Kier molecular flexibility index (Phi) is 58.2. The number of esters is 2. The second-order valence-corrected chi connectivity index (χ2v) is 21.5. The van der Waals surface area contributed by atoms with Gasteiger partial charge >= 0.3 is 11.9 Å². The van der Waals surface area contributed by atoms with E-state index in [1.165, 1.54) is 308 Å². The Morgan fingerprint density at radius 2 is 0.463 bits per heavy atom. The average molecular weight is 948 g/mol. The summed E-state index contributed by atoms with van der Waals surface area (Å²) in [6.07, 6.45) is 72.6. The number of rotatable bonds is 59. The fourth-order valence-corrected chi connectivity index (χ4v) is 9.97. The number of aliphatic hydroxyl groups is 1. The highest BCUT2D eigenvalue weighted by molar-refractivity contribution is 5.70. The van der Waals surface area contributed by atoms with Crippen molar-refractivity contribution in [2.75, 3.05) is 13.2 Å². The molecule has 0 amide bonds. The van der Waals surface area contributed by atoms with E-state index in [9.17, 15) is 14.7 Å². The topological polar surface area (TPSA) is 72.8 Å². The minimum absolute atomic E-state index is 0.0558. The Balaban J connectivity index is 3.34. The molecule has 0 aromatic carbocycles. The van der Waals surface area contributed by atoms with Gasteiger partial charge in [-0.15, -0.1) is 0 Å². The second-order valence-electron chi connectivity index (χ2n) is 21.5. The van der Waals surface area contributed by atoms with Gasteiger partial charge in [0.1, 0.15) is 6.61 Å². The molecule has 0 aromatic rings. The molecule has 1 atom stereocenters. The highest BCUT2D eigenvalue weighted by atomic mass is 16.6. The van der Waals surface area contributed by atoms with Crippen LogP contribution in [-0.2, 0) is 19.1 Å². The first-order valence-electron chi connectivity index (χ1n) is 31.1. The van der Waals surface area contributed by atoms with Gasteiger partial charge in [-0.2, -0.15) is 0 Å². The van der Waals surface area contributed by atoms with Gasteiger partial charge in [0.15, 0.2) is 6.10 Å². The zero-order valence-corrected chi connectivity index (χ0v) is 46.0. The van der Waals surface area contributed by atoms with Crippen molar-refractivity contribution < 1.29 is 24.2 Å². The van der Waals surface area contributed by atoms with E-state index in [0.29, 0.717) is 12.8 Å². The van der Waals surface area contributed by atoms with Crippen LogP contribution in [0.3, 0.4) is 0 Å². The van der Waals surface area contributed by atoms with E-state index in [0.717, 1.165) is 32.1 Å². The third-order valence-electron chi connectivity index (χ3n) is 14.7. The van der Waals surface area contributed by atoms with Gasteiger partial charge in [0.2, 0.25) is 0 Å². The average Bonchev–Trinajstić information content (AvgIpc) is 3.33. The molecule has 0 saturated carbocycles. The SMILES string of the molecule is CCCCCCCCCCCCCCCCCCCCCCCCCCCCCCCCCCCCCCC(=O)OC(CO)COC(=O)CCCCCCCCCCCCCCCCCCC. The minimum atomic E-state index is -0.764. The number of carbonyl (C=O) groups excluding carboxylic acids is 2. The quantitative estimate of drug-likeness (QED) is 0.0486. The lowest BCUT2D eigenvalue weighted by Crippen LogP contribution is -2.28. The highest BCUT2D eigenvalue weighted by Crippen LogP contribution is 2.19. The number of ether oxygens (including phenoxy) is 2. The fourth-order valence-electron chi connectivity index (χ4n) is 9.97. The first-order valence-corrected chi connectivity index (χ1v) is 31.1. The van der Waals surface area contributed by atoms with Crippen molar-refractivity contribution in [2.24, 2.45) is 0 Å². The molecule has 0 fully saturated rings. The van der Waals surface area contributed by atoms with E-state index in [2.05, 4.69) is 13.8 Å². The van der Waals surface area contributed by atoms with Crippen molar-refractivity contribution in [1.82, 2.24) is 0 Å². The fraction of sp³-hybridized carbons (Fsp3) is 0.968. The van der Waals surface area contributed by atoms with Crippen molar-refractivity contribution in [2.45, 2.75) is 373 Å². The molecular weight excluding hydrogens is 825 g/mol. The highest BCUT2D eigenvalue weighted by Gasteiger charge is 2.16. The van der Waals surface area contributed by atoms with Crippen LogP contribution in [0.1, 0.15) is 367 Å². The maximum atomic E-state index is 12.3. The summed E-state index contributed by atoms with van der Waals surface area (Å²) in [7, 11) is 0. The van der Waals surface area contributed by atoms with Crippen LogP contribution in [0, 0.1) is 0 Å². The standard InChI is InChI=1S/C62H122O5/c1-3-5-7-9-11-13-15-17-19-21-22-23-24-25-26-27-28-29-30-31-32-33-34-35-36-37-38-39-41-43-45-47-49-51-53-55-57-62(65)67-60(58-63)59-66-61(64)56-54-52-50-48-46-44-42-40-20-18-16-14-12-10-8-6-4-2/h60,63H,3-59H2,1-2H3. The summed E-state index contributed by atoms with van der Waals surface area (Å²) in [5.74, 6) is -0.563. The molecule has 0 aliphatic rings. The summed E-state index contributed by atoms with van der Waals surface area (Å²) in [6, 6.07) is 0. The molecule has 0 rings (SSSR count). The molecule has 0 radical (unpaired) electrons. The minimum Gasteiger partial charge on any atom is -0.462 e. The maximum Gasteiger partial charge on any atom is 0.306 e. The molecule has 0 saturated heterocycles. The van der Waals surface area contributed by atoms with Gasteiger partial charge in [0.25, 0.3) is 0 Å². The third-order valence-corrected chi connectivity index (χ3v) is 14.7. The zero-order valence-electron chi connectivity index (χ0n) is 46.0. The van der Waals surface area contributed by atoms with Crippen molar-refractivity contribution in [1.29, 1.82) is 0 Å². The Morgan fingerprint density at radius 3 is 0.657 bits per heavy atom. The number of hydrogen-bond donors (Lipinski definition) is 1. The predicted molar refractivity (Wildman–Crippen MR) is 293 cm³/mol. The van der Waals surface area contributed by atoms with E-state index >= 15 is 0 Å². The number of unbranched alkanes of at least 4 members (excludes halogenated alkanes) is 51. The first-order chi connectivity index (χ1) is 33.1. The molecule has 67 heavy (non-hydrogen) atoms. The summed E-state index contributed by atoms with van der Waals surface area (Å²) in [5.41, 5.74) is 0. The van der Waals surface area contributed by atoms with Crippen LogP contribution in [0.25, 0.3) is 0 Å². The zero-order chi connectivity index (χ0) is 48.5. The van der Waals surface area contributed by atoms with E-state index in [4.69, 9.17) is 9.47 Å². The Labute approximate surface area is 420 Å². The molecule has 0 aliphatic carbocycles. The molecule has 5 heteroatoms. The van der Waals surface area contributed by atoms with Crippen molar-refractivity contribution in [3.8, 4) is 0 Å². The lowest BCUT2D eigenvalue weighted by molar-refractivity contribution is -0.161. The van der Waals surface area contributed by atoms with Gasteiger partial charge in [0, 0.05) is 12.8 Å². The van der Waals surface area contributed by atoms with Crippen molar-refractivity contribution in [3.63, 3.8) is 0 Å². The van der Waals surface area contributed by atoms with E-state index in [-0.39, 0.29) is 25.2 Å². The van der Waals surface area contributed by atoms with Crippen LogP contribution in [-0.4, -0.2) is 36.4 Å². The lowest BCUT2D eigenvalue weighted by Gasteiger charge is -2.15. The largest absolute Gasteiger partial charge is 0.462 e. The number of carbonyl (C=O) groups is 2. The number of hydrogen-bond acceptors (Lipinski definition) is 5. The maximum absolute atomic E-state index is 12.3. The molecule has 0 spiro atoms.